The van der Waals surface area contributed by atoms with Gasteiger partial charge in [0.05, 0.1) is 7.11 Å². The van der Waals surface area contributed by atoms with Crippen LogP contribution in [-0.2, 0) is 5.41 Å². The molecule has 5 rings (SSSR count). The number of anilines is 3. The van der Waals surface area contributed by atoms with E-state index in [0.29, 0.717) is 23.5 Å². The number of hydrogen-bond acceptors (Lipinski definition) is 6. The van der Waals surface area contributed by atoms with Crippen molar-refractivity contribution in [2.75, 3.05) is 55.0 Å². The van der Waals surface area contributed by atoms with Crippen molar-refractivity contribution in [3.8, 4) is 5.88 Å². The third kappa shape index (κ3) is 5.93. The Morgan fingerprint density at radius 1 is 0.973 bits per heavy atom. The SMILES string of the molecule is COc1cc(N2CCN(c3ccccc3)CC2)nc(NC(=S)NCC2(c3ccc(F)cc3)CCCC2)n1. The fraction of sp³-hybridized carbons (Fsp3) is 0.393. The van der Waals surface area contributed by atoms with Crippen LogP contribution in [0.25, 0.3) is 0 Å². The number of methoxy groups -OCH3 is 1. The fourth-order valence-electron chi connectivity index (χ4n) is 5.39. The van der Waals surface area contributed by atoms with Crippen LogP contribution in [0.1, 0.15) is 31.2 Å². The van der Waals surface area contributed by atoms with Crippen molar-refractivity contribution in [1.29, 1.82) is 0 Å². The first-order valence-corrected chi connectivity index (χ1v) is 13.2. The van der Waals surface area contributed by atoms with E-state index in [1.165, 1.54) is 17.8 Å². The molecule has 194 valence electrons. The highest BCUT2D eigenvalue weighted by atomic mass is 32.1. The number of thiocarbonyl (C=S) groups is 1. The molecule has 1 saturated carbocycles. The Morgan fingerprint density at radius 3 is 2.32 bits per heavy atom. The fourth-order valence-corrected chi connectivity index (χ4v) is 5.55. The maximum Gasteiger partial charge on any atom is 0.234 e. The van der Waals surface area contributed by atoms with Crippen LogP contribution < -0.4 is 25.2 Å². The highest BCUT2D eigenvalue weighted by molar-refractivity contribution is 7.80. The quantitative estimate of drug-likeness (QED) is 0.433. The Hall–Kier alpha value is -3.46. The summed E-state index contributed by atoms with van der Waals surface area (Å²) in [4.78, 5) is 13.8. The molecular formula is C28H33FN6OS. The van der Waals surface area contributed by atoms with Crippen LogP contribution in [-0.4, -0.2) is 54.9 Å². The third-order valence-corrected chi connectivity index (χ3v) is 7.70. The normalized spacial score (nSPS) is 16.9. The van der Waals surface area contributed by atoms with Crippen molar-refractivity contribution in [3.63, 3.8) is 0 Å². The standard InChI is InChI=1S/C28H33FN6OS/c1-36-25-19-24(35-17-15-34(16-18-35)23-7-3-2-4-8-23)31-26(32-25)33-27(37)30-20-28(13-5-6-14-28)21-9-11-22(29)12-10-21/h2-4,7-12,19H,5-6,13-18,20H2,1H3,(H2,30,31,32,33,37). The maximum absolute atomic E-state index is 13.5. The molecule has 0 unspecified atom stereocenters. The highest BCUT2D eigenvalue weighted by Gasteiger charge is 2.35. The Balaban J connectivity index is 1.23. The summed E-state index contributed by atoms with van der Waals surface area (Å²) in [7, 11) is 1.60. The zero-order valence-electron chi connectivity index (χ0n) is 21.1. The lowest BCUT2D eigenvalue weighted by molar-refractivity contribution is 0.397. The Labute approximate surface area is 223 Å². The second-order valence-electron chi connectivity index (χ2n) is 9.70. The summed E-state index contributed by atoms with van der Waals surface area (Å²) in [6.07, 6.45) is 4.39. The zero-order chi connectivity index (χ0) is 25.7. The summed E-state index contributed by atoms with van der Waals surface area (Å²) in [5.74, 6) is 1.48. The van der Waals surface area contributed by atoms with Gasteiger partial charge in [-0.2, -0.15) is 9.97 Å². The van der Waals surface area contributed by atoms with Gasteiger partial charge >= 0.3 is 0 Å². The van der Waals surface area contributed by atoms with Gasteiger partial charge in [-0.15, -0.1) is 0 Å². The monoisotopic (exact) mass is 520 g/mol. The van der Waals surface area contributed by atoms with Gasteiger partial charge in [-0.25, -0.2) is 4.39 Å². The maximum atomic E-state index is 13.5. The van der Waals surface area contributed by atoms with Gasteiger partial charge in [0, 0.05) is 49.9 Å². The molecule has 9 heteroatoms. The van der Waals surface area contributed by atoms with Crippen LogP contribution >= 0.6 is 12.2 Å². The minimum absolute atomic E-state index is 0.0573. The summed E-state index contributed by atoms with van der Waals surface area (Å²) in [6, 6.07) is 19.2. The third-order valence-electron chi connectivity index (χ3n) is 7.45. The number of halogens is 1. The van der Waals surface area contributed by atoms with E-state index < -0.39 is 0 Å². The lowest BCUT2D eigenvalue weighted by atomic mass is 9.79. The van der Waals surface area contributed by atoms with E-state index in [0.717, 1.165) is 63.2 Å². The van der Waals surface area contributed by atoms with Gasteiger partial charge in [-0.05, 0) is 54.9 Å². The van der Waals surface area contributed by atoms with Gasteiger partial charge in [0.1, 0.15) is 11.6 Å². The molecule has 0 radical (unpaired) electrons. The number of piperazine rings is 1. The van der Waals surface area contributed by atoms with Crippen LogP contribution in [0.2, 0.25) is 0 Å². The van der Waals surface area contributed by atoms with E-state index in [9.17, 15) is 4.39 Å². The predicted octanol–water partition coefficient (Wildman–Crippen LogP) is 4.75. The lowest BCUT2D eigenvalue weighted by Gasteiger charge is -2.36. The molecule has 3 aromatic rings. The van der Waals surface area contributed by atoms with Crippen molar-refractivity contribution in [2.45, 2.75) is 31.1 Å². The Bertz CT molecular complexity index is 1200. The number of nitrogens with one attached hydrogen (secondary N) is 2. The van der Waals surface area contributed by atoms with Gasteiger partial charge in [0.25, 0.3) is 0 Å². The van der Waals surface area contributed by atoms with Gasteiger partial charge in [0.2, 0.25) is 11.8 Å². The van der Waals surface area contributed by atoms with E-state index >= 15 is 0 Å². The first-order chi connectivity index (χ1) is 18.0. The molecule has 1 aromatic heterocycles. The molecule has 0 spiro atoms. The van der Waals surface area contributed by atoms with Gasteiger partial charge < -0.3 is 25.2 Å². The molecule has 1 saturated heterocycles. The van der Waals surface area contributed by atoms with E-state index in [1.807, 2.05) is 24.3 Å². The molecule has 0 amide bonds. The first kappa shape index (κ1) is 25.2. The summed E-state index contributed by atoms with van der Waals surface area (Å²) in [5, 5.41) is 6.99. The number of hydrogen-bond donors (Lipinski definition) is 2. The smallest absolute Gasteiger partial charge is 0.234 e. The molecule has 1 aliphatic heterocycles. The summed E-state index contributed by atoms with van der Waals surface area (Å²) < 4.78 is 19.0. The molecule has 2 N–H and O–H groups in total. The Morgan fingerprint density at radius 2 is 1.65 bits per heavy atom. The van der Waals surface area contributed by atoms with Crippen LogP contribution in [0.4, 0.5) is 21.8 Å². The van der Waals surface area contributed by atoms with Gasteiger partial charge in [0.15, 0.2) is 5.11 Å². The topological polar surface area (TPSA) is 65.6 Å². The van der Waals surface area contributed by atoms with Crippen LogP contribution in [0.3, 0.4) is 0 Å². The molecule has 2 aliphatic rings. The predicted molar refractivity (Wildman–Crippen MR) is 150 cm³/mol. The van der Waals surface area contributed by atoms with Crippen molar-refractivity contribution in [3.05, 3.63) is 72.0 Å². The molecular weight excluding hydrogens is 487 g/mol. The van der Waals surface area contributed by atoms with Gasteiger partial charge in [-0.1, -0.05) is 43.2 Å². The molecule has 1 aliphatic carbocycles. The molecule has 37 heavy (non-hydrogen) atoms. The zero-order valence-corrected chi connectivity index (χ0v) is 21.9. The molecule has 0 atom stereocenters. The second-order valence-corrected chi connectivity index (χ2v) is 10.1. The average Bonchev–Trinajstić information content (AvgIpc) is 3.43. The van der Waals surface area contributed by atoms with E-state index in [1.54, 1.807) is 7.11 Å². The minimum Gasteiger partial charge on any atom is -0.481 e. The Kier molecular flexibility index (Phi) is 7.69. The van der Waals surface area contributed by atoms with Crippen LogP contribution in [0.5, 0.6) is 5.88 Å². The second kappa shape index (κ2) is 11.3. The van der Waals surface area contributed by atoms with Gasteiger partial charge in [-0.3, -0.25) is 0 Å². The van der Waals surface area contributed by atoms with E-state index in [4.69, 9.17) is 21.9 Å². The van der Waals surface area contributed by atoms with Crippen molar-refractivity contribution in [1.82, 2.24) is 15.3 Å². The summed E-state index contributed by atoms with van der Waals surface area (Å²) in [6.45, 7) is 4.17. The lowest BCUT2D eigenvalue weighted by Crippen LogP contribution is -2.47. The molecule has 2 aromatic carbocycles. The minimum atomic E-state index is -0.213. The molecule has 2 fully saturated rings. The number of nitrogens with zero attached hydrogens (tertiary/aromatic N) is 4. The molecule has 0 bridgehead atoms. The highest BCUT2D eigenvalue weighted by Crippen LogP contribution is 2.40. The van der Waals surface area contributed by atoms with Crippen molar-refractivity contribution >= 4 is 34.8 Å². The molecule has 7 nitrogen and oxygen atoms in total. The van der Waals surface area contributed by atoms with E-state index in [-0.39, 0.29) is 11.2 Å². The summed E-state index contributed by atoms with van der Waals surface area (Å²) in [5.41, 5.74) is 2.33. The van der Waals surface area contributed by atoms with Crippen molar-refractivity contribution in [2.24, 2.45) is 0 Å². The van der Waals surface area contributed by atoms with Crippen molar-refractivity contribution < 1.29 is 9.13 Å². The number of para-hydroxylation sites is 1. The summed E-state index contributed by atoms with van der Waals surface area (Å²) >= 11 is 5.62. The number of aromatic nitrogens is 2. The van der Waals surface area contributed by atoms with Crippen LogP contribution in [0, 0.1) is 5.82 Å². The largest absolute Gasteiger partial charge is 0.481 e. The molecule has 2 heterocycles. The number of benzene rings is 2. The number of rotatable bonds is 7. The first-order valence-electron chi connectivity index (χ1n) is 12.8. The number of ether oxygens (including phenoxy) is 1. The van der Waals surface area contributed by atoms with Crippen LogP contribution in [0.15, 0.2) is 60.7 Å². The van der Waals surface area contributed by atoms with E-state index in [2.05, 4.69) is 49.7 Å². The average molecular weight is 521 g/mol.